The Hall–Kier alpha value is -0.580. The van der Waals surface area contributed by atoms with Crippen molar-refractivity contribution >= 4 is 57.2 Å². The van der Waals surface area contributed by atoms with Crippen LogP contribution in [-0.4, -0.2) is 25.7 Å². The molecule has 0 aliphatic rings. The predicted molar refractivity (Wildman–Crippen MR) is 113 cm³/mol. The smallest absolute Gasteiger partial charge is 0.191 e. The van der Waals surface area contributed by atoms with Crippen molar-refractivity contribution in [3.05, 3.63) is 45.0 Å². The minimum absolute atomic E-state index is 0. The van der Waals surface area contributed by atoms with Gasteiger partial charge in [0, 0.05) is 34.4 Å². The van der Waals surface area contributed by atoms with Gasteiger partial charge in [0.05, 0.1) is 12.8 Å². The van der Waals surface area contributed by atoms with Crippen LogP contribution in [0.25, 0.3) is 0 Å². The van der Waals surface area contributed by atoms with E-state index in [4.69, 9.17) is 9.15 Å². The van der Waals surface area contributed by atoms with Gasteiger partial charge in [-0.2, -0.15) is 0 Å². The van der Waals surface area contributed by atoms with E-state index in [0.29, 0.717) is 19.8 Å². The standard InChI is InChI=1S/C16H22BrN3O2S.HI/c1-2-18-16(20-10-15-9-13(17)12-23-15)19-6-4-7-21-11-14-5-3-8-22-14;/h3,5,8-9,12H,2,4,6-7,10-11H2,1H3,(H2,18,19,20);1H. The molecule has 2 N–H and O–H groups in total. The maximum atomic E-state index is 5.55. The lowest BCUT2D eigenvalue weighted by Gasteiger charge is -2.11. The van der Waals surface area contributed by atoms with Crippen LogP contribution in [0.3, 0.4) is 0 Å². The normalized spacial score (nSPS) is 11.2. The first-order valence-electron chi connectivity index (χ1n) is 7.63. The fourth-order valence-electron chi connectivity index (χ4n) is 1.88. The largest absolute Gasteiger partial charge is 0.467 e. The molecular formula is C16H23BrIN3O2S. The van der Waals surface area contributed by atoms with Crippen molar-refractivity contribution < 1.29 is 9.15 Å². The Morgan fingerprint density at radius 3 is 2.96 bits per heavy atom. The molecule has 5 nitrogen and oxygen atoms in total. The maximum Gasteiger partial charge on any atom is 0.191 e. The number of rotatable bonds is 9. The minimum Gasteiger partial charge on any atom is -0.467 e. The van der Waals surface area contributed by atoms with Gasteiger partial charge in [0.1, 0.15) is 12.4 Å². The molecule has 0 unspecified atom stereocenters. The zero-order chi connectivity index (χ0) is 16.3. The van der Waals surface area contributed by atoms with Crippen molar-refractivity contribution in [3.8, 4) is 0 Å². The number of furan rings is 1. The van der Waals surface area contributed by atoms with Gasteiger partial charge >= 0.3 is 0 Å². The summed E-state index contributed by atoms with van der Waals surface area (Å²) >= 11 is 5.17. The zero-order valence-corrected chi connectivity index (χ0v) is 18.3. The molecule has 2 aromatic rings. The molecule has 0 bridgehead atoms. The van der Waals surface area contributed by atoms with E-state index in [0.717, 1.165) is 35.7 Å². The second-order valence-corrected chi connectivity index (χ2v) is 6.75. The SMILES string of the molecule is CCNC(=NCc1cc(Br)cs1)NCCCOCc1ccco1.I. The average Bonchev–Trinajstić information content (AvgIpc) is 3.19. The van der Waals surface area contributed by atoms with E-state index in [1.807, 2.05) is 12.1 Å². The molecule has 0 aliphatic carbocycles. The number of hydrogen-bond acceptors (Lipinski definition) is 4. The average molecular weight is 528 g/mol. The maximum absolute atomic E-state index is 5.55. The van der Waals surface area contributed by atoms with Crippen molar-refractivity contribution in [2.75, 3.05) is 19.7 Å². The molecule has 0 saturated heterocycles. The van der Waals surface area contributed by atoms with Gasteiger partial charge < -0.3 is 19.8 Å². The summed E-state index contributed by atoms with van der Waals surface area (Å²) in [5.41, 5.74) is 0. The Labute approximate surface area is 172 Å². The van der Waals surface area contributed by atoms with Crippen LogP contribution in [0.2, 0.25) is 0 Å². The summed E-state index contributed by atoms with van der Waals surface area (Å²) in [6, 6.07) is 5.88. The number of nitrogens with one attached hydrogen (secondary N) is 2. The van der Waals surface area contributed by atoms with Crippen LogP contribution >= 0.6 is 51.2 Å². The van der Waals surface area contributed by atoms with Gasteiger partial charge in [0.15, 0.2) is 5.96 Å². The van der Waals surface area contributed by atoms with Gasteiger partial charge in [-0.05, 0) is 47.5 Å². The number of halogens is 2. The van der Waals surface area contributed by atoms with Gasteiger partial charge in [0.2, 0.25) is 0 Å². The van der Waals surface area contributed by atoms with E-state index in [1.165, 1.54) is 4.88 Å². The molecule has 0 spiro atoms. The first kappa shape index (κ1) is 21.5. The lowest BCUT2D eigenvalue weighted by molar-refractivity contribution is 0.105. The molecule has 2 aromatic heterocycles. The van der Waals surface area contributed by atoms with Crippen molar-refractivity contribution in [2.24, 2.45) is 4.99 Å². The van der Waals surface area contributed by atoms with Crippen LogP contribution in [0.1, 0.15) is 24.0 Å². The molecular weight excluding hydrogens is 505 g/mol. The number of nitrogens with zero attached hydrogens (tertiary/aromatic N) is 1. The Kier molecular flexibility index (Phi) is 11.4. The van der Waals surface area contributed by atoms with Gasteiger partial charge in [-0.25, -0.2) is 4.99 Å². The summed E-state index contributed by atoms with van der Waals surface area (Å²) in [5, 5.41) is 8.64. The Morgan fingerprint density at radius 1 is 1.42 bits per heavy atom. The summed E-state index contributed by atoms with van der Waals surface area (Å²) < 4.78 is 11.9. The van der Waals surface area contributed by atoms with Gasteiger partial charge in [-0.15, -0.1) is 35.3 Å². The number of thiophene rings is 1. The molecule has 24 heavy (non-hydrogen) atoms. The third-order valence-electron chi connectivity index (χ3n) is 2.94. The summed E-state index contributed by atoms with van der Waals surface area (Å²) in [6.45, 7) is 5.61. The Morgan fingerprint density at radius 2 is 2.29 bits per heavy atom. The van der Waals surface area contributed by atoms with Crippen LogP contribution in [-0.2, 0) is 17.9 Å². The molecule has 0 fully saturated rings. The zero-order valence-electron chi connectivity index (χ0n) is 13.6. The summed E-state index contributed by atoms with van der Waals surface area (Å²) in [7, 11) is 0. The van der Waals surface area contributed by atoms with E-state index in [2.05, 4.69) is 49.9 Å². The predicted octanol–water partition coefficient (Wildman–Crippen LogP) is 4.38. The highest BCUT2D eigenvalue weighted by atomic mass is 127. The fourth-order valence-corrected chi connectivity index (χ4v) is 3.26. The molecule has 8 heteroatoms. The third-order valence-corrected chi connectivity index (χ3v) is 4.62. The molecule has 0 amide bonds. The monoisotopic (exact) mass is 527 g/mol. The Bertz CT molecular complexity index is 590. The van der Waals surface area contributed by atoms with Gasteiger partial charge in [0.25, 0.3) is 0 Å². The molecule has 2 rings (SSSR count). The minimum atomic E-state index is 0. The van der Waals surface area contributed by atoms with Crippen molar-refractivity contribution in [2.45, 2.75) is 26.5 Å². The van der Waals surface area contributed by atoms with Crippen LogP contribution in [0, 0.1) is 0 Å². The fraction of sp³-hybridized carbons (Fsp3) is 0.438. The van der Waals surface area contributed by atoms with Crippen LogP contribution in [0.5, 0.6) is 0 Å². The Balaban J connectivity index is 0.00000288. The number of guanidine groups is 1. The van der Waals surface area contributed by atoms with Crippen molar-refractivity contribution in [1.29, 1.82) is 0 Å². The molecule has 0 saturated carbocycles. The van der Waals surface area contributed by atoms with Crippen LogP contribution in [0.15, 0.2) is 43.7 Å². The molecule has 2 heterocycles. The van der Waals surface area contributed by atoms with E-state index < -0.39 is 0 Å². The number of hydrogen-bond donors (Lipinski definition) is 2. The van der Waals surface area contributed by atoms with Crippen LogP contribution in [0.4, 0.5) is 0 Å². The lowest BCUT2D eigenvalue weighted by atomic mass is 10.4. The lowest BCUT2D eigenvalue weighted by Crippen LogP contribution is -2.38. The summed E-state index contributed by atoms with van der Waals surface area (Å²) in [6.07, 6.45) is 2.57. The van der Waals surface area contributed by atoms with E-state index in [-0.39, 0.29) is 24.0 Å². The molecule has 0 aliphatic heterocycles. The number of ether oxygens (including phenoxy) is 1. The van der Waals surface area contributed by atoms with E-state index in [1.54, 1.807) is 17.6 Å². The van der Waals surface area contributed by atoms with E-state index >= 15 is 0 Å². The molecule has 134 valence electrons. The van der Waals surface area contributed by atoms with Crippen LogP contribution < -0.4 is 10.6 Å². The summed E-state index contributed by atoms with van der Waals surface area (Å²) in [4.78, 5) is 5.82. The first-order chi connectivity index (χ1) is 11.3. The second-order valence-electron chi connectivity index (χ2n) is 4.84. The molecule has 0 aromatic carbocycles. The highest BCUT2D eigenvalue weighted by Gasteiger charge is 2.00. The van der Waals surface area contributed by atoms with E-state index in [9.17, 15) is 0 Å². The first-order valence-corrected chi connectivity index (χ1v) is 9.30. The van der Waals surface area contributed by atoms with Crippen molar-refractivity contribution in [1.82, 2.24) is 10.6 Å². The summed E-state index contributed by atoms with van der Waals surface area (Å²) in [5.74, 6) is 1.69. The second kappa shape index (κ2) is 12.7. The number of aliphatic imine (C=N–C) groups is 1. The quantitative estimate of drug-likeness (QED) is 0.220. The van der Waals surface area contributed by atoms with Gasteiger partial charge in [-0.3, -0.25) is 0 Å². The highest BCUT2D eigenvalue weighted by Crippen LogP contribution is 2.20. The highest BCUT2D eigenvalue weighted by molar-refractivity contribution is 14.0. The molecule has 0 radical (unpaired) electrons. The topological polar surface area (TPSA) is 58.8 Å². The van der Waals surface area contributed by atoms with Crippen molar-refractivity contribution in [3.63, 3.8) is 0 Å². The third kappa shape index (κ3) is 8.50. The van der Waals surface area contributed by atoms with Gasteiger partial charge in [-0.1, -0.05) is 0 Å². The molecule has 0 atom stereocenters.